The molecule has 1 aliphatic rings. The number of hydrogen-bond acceptors (Lipinski definition) is 3. The van der Waals surface area contributed by atoms with Crippen molar-refractivity contribution in [2.75, 3.05) is 6.54 Å². The fourth-order valence-corrected chi connectivity index (χ4v) is 2.54. The number of amides is 1. The summed E-state index contributed by atoms with van der Waals surface area (Å²) < 4.78 is 0. The van der Waals surface area contributed by atoms with E-state index < -0.39 is 0 Å². The molecule has 2 rings (SSSR count). The molecule has 0 spiro atoms. The van der Waals surface area contributed by atoms with Crippen LogP contribution in [0.5, 0.6) is 0 Å². The van der Waals surface area contributed by atoms with Crippen LogP contribution >= 0.6 is 0 Å². The minimum atomic E-state index is -0.163. The van der Waals surface area contributed by atoms with Crippen molar-refractivity contribution in [1.29, 1.82) is 5.26 Å². The van der Waals surface area contributed by atoms with Crippen molar-refractivity contribution < 1.29 is 9.90 Å². The van der Waals surface area contributed by atoms with Gasteiger partial charge < -0.3 is 10.4 Å². The highest BCUT2D eigenvalue weighted by Crippen LogP contribution is 2.23. The number of aliphatic hydroxyl groups is 1. The molecular weight excluding hydrogens is 264 g/mol. The summed E-state index contributed by atoms with van der Waals surface area (Å²) in [6.45, 7) is 0.661. The van der Waals surface area contributed by atoms with E-state index in [1.54, 1.807) is 24.3 Å². The summed E-state index contributed by atoms with van der Waals surface area (Å²) in [5, 5.41) is 21.1. The maximum Gasteiger partial charge on any atom is 0.244 e. The highest BCUT2D eigenvalue weighted by molar-refractivity contribution is 5.91. The Balaban J connectivity index is 1.78. The van der Waals surface area contributed by atoms with Gasteiger partial charge in [0.15, 0.2) is 0 Å². The average Bonchev–Trinajstić information content (AvgIpc) is 2.52. The van der Waals surface area contributed by atoms with Gasteiger partial charge in [-0.2, -0.15) is 5.26 Å². The Morgan fingerprint density at radius 3 is 2.86 bits per heavy atom. The number of rotatable bonds is 4. The van der Waals surface area contributed by atoms with Crippen LogP contribution in [0.3, 0.4) is 0 Å². The van der Waals surface area contributed by atoms with Gasteiger partial charge in [0.25, 0.3) is 0 Å². The molecule has 1 saturated carbocycles. The first kappa shape index (κ1) is 15.3. The fourth-order valence-electron chi connectivity index (χ4n) is 2.54. The number of aliphatic hydroxyl groups excluding tert-OH is 1. The van der Waals surface area contributed by atoms with Crippen LogP contribution in [0.2, 0.25) is 0 Å². The molecule has 2 N–H and O–H groups in total. The first-order chi connectivity index (χ1) is 10.2. The van der Waals surface area contributed by atoms with Crippen LogP contribution in [0.25, 0.3) is 6.08 Å². The quantitative estimate of drug-likeness (QED) is 0.833. The van der Waals surface area contributed by atoms with Crippen LogP contribution in [0.1, 0.15) is 36.8 Å². The van der Waals surface area contributed by atoms with Crippen LogP contribution in [0.15, 0.2) is 30.3 Å². The van der Waals surface area contributed by atoms with Crippen LogP contribution in [-0.2, 0) is 4.79 Å². The number of hydrogen-bond donors (Lipinski definition) is 2. The predicted molar refractivity (Wildman–Crippen MR) is 81.2 cm³/mol. The molecule has 0 radical (unpaired) electrons. The molecule has 1 aromatic carbocycles. The molecule has 0 heterocycles. The van der Waals surface area contributed by atoms with E-state index in [1.807, 2.05) is 6.07 Å². The second-order valence-electron chi connectivity index (χ2n) is 5.49. The van der Waals surface area contributed by atoms with E-state index in [2.05, 4.69) is 11.4 Å². The van der Waals surface area contributed by atoms with Gasteiger partial charge in [-0.25, -0.2) is 0 Å². The smallest absolute Gasteiger partial charge is 0.244 e. The summed E-state index contributed by atoms with van der Waals surface area (Å²) in [5.41, 5.74) is 1.42. The fraction of sp³-hybridized carbons (Fsp3) is 0.412. The topological polar surface area (TPSA) is 73.1 Å². The number of benzene rings is 1. The molecule has 0 saturated heterocycles. The van der Waals surface area contributed by atoms with Crippen LogP contribution < -0.4 is 5.32 Å². The molecule has 0 aliphatic heterocycles. The van der Waals surface area contributed by atoms with E-state index in [0.717, 1.165) is 31.2 Å². The zero-order chi connectivity index (χ0) is 15.1. The lowest BCUT2D eigenvalue weighted by atomic mass is 9.87. The van der Waals surface area contributed by atoms with Crippen LogP contribution in [0.4, 0.5) is 0 Å². The number of carbonyl (C=O) groups excluding carboxylic acids is 1. The number of nitrogens with one attached hydrogen (secondary N) is 1. The SMILES string of the molecule is N#Cc1cccc(/C=C/C(=O)NCC2CCC(O)CC2)c1. The van der Waals surface area contributed by atoms with Crippen molar-refractivity contribution >= 4 is 12.0 Å². The Hall–Kier alpha value is -2.12. The second-order valence-corrected chi connectivity index (χ2v) is 5.49. The molecule has 0 atom stereocenters. The van der Waals surface area contributed by atoms with Crippen molar-refractivity contribution in [1.82, 2.24) is 5.32 Å². The summed E-state index contributed by atoms with van der Waals surface area (Å²) in [7, 11) is 0. The summed E-state index contributed by atoms with van der Waals surface area (Å²) >= 11 is 0. The molecule has 1 aliphatic carbocycles. The van der Waals surface area contributed by atoms with E-state index in [0.29, 0.717) is 18.0 Å². The Bertz CT molecular complexity index is 552. The minimum absolute atomic E-state index is 0.122. The monoisotopic (exact) mass is 284 g/mol. The van der Waals surface area contributed by atoms with E-state index in [9.17, 15) is 9.90 Å². The molecule has 4 nitrogen and oxygen atoms in total. The van der Waals surface area contributed by atoms with Crippen molar-refractivity contribution in [2.45, 2.75) is 31.8 Å². The van der Waals surface area contributed by atoms with Gasteiger partial charge in [0.05, 0.1) is 17.7 Å². The van der Waals surface area contributed by atoms with Gasteiger partial charge in [0.2, 0.25) is 5.91 Å². The molecular formula is C17H20N2O2. The molecule has 1 amide bonds. The van der Waals surface area contributed by atoms with E-state index in [-0.39, 0.29) is 12.0 Å². The second kappa shape index (κ2) is 7.61. The van der Waals surface area contributed by atoms with Gasteiger partial charge in [0.1, 0.15) is 0 Å². The molecule has 1 fully saturated rings. The Kier molecular flexibility index (Phi) is 5.53. The maximum absolute atomic E-state index is 11.8. The van der Waals surface area contributed by atoms with E-state index in [4.69, 9.17) is 5.26 Å². The van der Waals surface area contributed by atoms with Gasteiger partial charge >= 0.3 is 0 Å². The molecule has 1 aromatic rings. The number of nitrogens with zero attached hydrogens (tertiary/aromatic N) is 1. The Labute approximate surface area is 125 Å². The van der Waals surface area contributed by atoms with Gasteiger partial charge in [-0.05, 0) is 55.4 Å². The normalized spacial score (nSPS) is 21.9. The number of nitriles is 1. The summed E-state index contributed by atoms with van der Waals surface area (Å²) in [4.78, 5) is 11.8. The van der Waals surface area contributed by atoms with Crippen molar-refractivity contribution in [3.05, 3.63) is 41.5 Å². The van der Waals surface area contributed by atoms with Gasteiger partial charge in [-0.15, -0.1) is 0 Å². The predicted octanol–water partition coefficient (Wildman–Crippen LogP) is 2.24. The zero-order valence-corrected chi connectivity index (χ0v) is 12.0. The summed E-state index contributed by atoms with van der Waals surface area (Å²) in [5.74, 6) is 0.344. The van der Waals surface area contributed by atoms with Crippen LogP contribution in [-0.4, -0.2) is 23.7 Å². The van der Waals surface area contributed by atoms with Gasteiger partial charge in [-0.3, -0.25) is 4.79 Å². The third-order valence-electron chi connectivity index (χ3n) is 3.82. The Morgan fingerprint density at radius 2 is 2.14 bits per heavy atom. The van der Waals surface area contributed by atoms with Crippen LogP contribution in [0, 0.1) is 17.2 Å². The maximum atomic E-state index is 11.8. The molecule has 0 bridgehead atoms. The third-order valence-corrected chi connectivity index (χ3v) is 3.82. The number of carbonyl (C=O) groups is 1. The Morgan fingerprint density at radius 1 is 1.38 bits per heavy atom. The lowest BCUT2D eigenvalue weighted by Gasteiger charge is -2.25. The standard InChI is InChI=1S/C17H20N2O2/c18-11-15-3-1-2-13(10-15)6-9-17(21)19-12-14-4-7-16(20)8-5-14/h1-3,6,9-10,14,16,20H,4-5,7-8,12H2,(H,19,21)/b9-6+. The lowest BCUT2D eigenvalue weighted by Crippen LogP contribution is -2.31. The van der Waals surface area contributed by atoms with E-state index >= 15 is 0 Å². The highest BCUT2D eigenvalue weighted by atomic mass is 16.3. The van der Waals surface area contributed by atoms with E-state index in [1.165, 1.54) is 6.08 Å². The minimum Gasteiger partial charge on any atom is -0.393 e. The molecule has 110 valence electrons. The zero-order valence-electron chi connectivity index (χ0n) is 12.0. The first-order valence-corrected chi connectivity index (χ1v) is 7.31. The van der Waals surface area contributed by atoms with Crippen molar-refractivity contribution in [3.8, 4) is 6.07 Å². The molecule has 0 unspecified atom stereocenters. The van der Waals surface area contributed by atoms with Gasteiger partial charge in [-0.1, -0.05) is 12.1 Å². The molecule has 0 aromatic heterocycles. The average molecular weight is 284 g/mol. The van der Waals surface area contributed by atoms with Crippen molar-refractivity contribution in [2.24, 2.45) is 5.92 Å². The van der Waals surface area contributed by atoms with Gasteiger partial charge in [0, 0.05) is 12.6 Å². The summed E-state index contributed by atoms with van der Waals surface area (Å²) in [6.07, 6.45) is 6.64. The largest absolute Gasteiger partial charge is 0.393 e. The molecule has 4 heteroatoms. The van der Waals surface area contributed by atoms with Crippen molar-refractivity contribution in [3.63, 3.8) is 0 Å². The summed E-state index contributed by atoms with van der Waals surface area (Å²) in [6, 6.07) is 9.19. The lowest BCUT2D eigenvalue weighted by molar-refractivity contribution is -0.116. The third kappa shape index (κ3) is 5.05. The first-order valence-electron chi connectivity index (χ1n) is 7.31. The highest BCUT2D eigenvalue weighted by Gasteiger charge is 2.19. The molecule has 21 heavy (non-hydrogen) atoms.